The van der Waals surface area contributed by atoms with Crippen molar-refractivity contribution >= 4 is 23.5 Å². The fraction of sp³-hybridized carbons (Fsp3) is 0.357. The maximum Gasteiger partial charge on any atom is 0.131 e. The van der Waals surface area contributed by atoms with E-state index in [0.29, 0.717) is 12.1 Å². The molecule has 2 N–H and O–H groups in total. The number of nitrogens with zero attached hydrogens (tertiary/aromatic N) is 3. The average molecular weight is 476 g/mol. The van der Waals surface area contributed by atoms with Gasteiger partial charge in [-0.25, -0.2) is 9.37 Å². The molecule has 7 heteroatoms. The number of nitrogens with one attached hydrogen (secondary N) is 2. The van der Waals surface area contributed by atoms with Gasteiger partial charge in [0.2, 0.25) is 0 Å². The number of allylic oxidation sites excluding steroid dienone is 1. The minimum atomic E-state index is -0.226. The van der Waals surface area contributed by atoms with Gasteiger partial charge in [-0.05, 0) is 80.8 Å². The molecule has 0 radical (unpaired) electrons. The third-order valence-electron chi connectivity index (χ3n) is 6.58. The van der Waals surface area contributed by atoms with E-state index in [-0.39, 0.29) is 11.9 Å². The Balaban J connectivity index is 1.66. The van der Waals surface area contributed by atoms with Gasteiger partial charge in [-0.15, -0.1) is 0 Å². The first-order valence-electron chi connectivity index (χ1n) is 12.0. The van der Waals surface area contributed by atoms with Crippen molar-refractivity contribution in [2.45, 2.75) is 39.3 Å². The van der Waals surface area contributed by atoms with Gasteiger partial charge in [-0.2, -0.15) is 5.10 Å². The zero-order valence-corrected chi connectivity index (χ0v) is 21.0. The van der Waals surface area contributed by atoms with E-state index >= 15 is 4.39 Å². The largest absolute Gasteiger partial charge is 0.380 e. The Morgan fingerprint density at radius 1 is 1.37 bits per heavy atom. The van der Waals surface area contributed by atoms with E-state index in [1.807, 2.05) is 51.4 Å². The van der Waals surface area contributed by atoms with Crippen molar-refractivity contribution in [2.75, 3.05) is 32.1 Å². The van der Waals surface area contributed by atoms with Crippen LogP contribution in [0.1, 0.15) is 47.7 Å². The molecule has 0 amide bonds. The SMILES string of the molecule is C=Cc1[nH]nc(-c2ccc(N3CCCC(OC)C3)nc2)c1/C=C(\C)c1c(C)cc(CNC)cc1F. The van der Waals surface area contributed by atoms with Crippen LogP contribution in [0.15, 0.2) is 37.0 Å². The number of benzene rings is 1. The molecule has 0 spiro atoms. The summed E-state index contributed by atoms with van der Waals surface area (Å²) in [5, 5.41) is 10.7. The van der Waals surface area contributed by atoms with Crippen molar-refractivity contribution in [3.63, 3.8) is 0 Å². The maximum absolute atomic E-state index is 15.1. The van der Waals surface area contributed by atoms with Gasteiger partial charge in [-0.1, -0.05) is 12.6 Å². The molecule has 1 atom stereocenters. The lowest BCUT2D eigenvalue weighted by atomic mass is 9.95. The van der Waals surface area contributed by atoms with E-state index in [2.05, 4.69) is 27.0 Å². The number of aromatic nitrogens is 3. The summed E-state index contributed by atoms with van der Waals surface area (Å²) in [7, 11) is 3.62. The number of pyridine rings is 1. The van der Waals surface area contributed by atoms with Gasteiger partial charge in [-0.3, -0.25) is 5.10 Å². The van der Waals surface area contributed by atoms with Crippen molar-refractivity contribution in [2.24, 2.45) is 0 Å². The van der Waals surface area contributed by atoms with Gasteiger partial charge >= 0.3 is 0 Å². The second-order valence-electron chi connectivity index (χ2n) is 9.08. The van der Waals surface area contributed by atoms with Crippen LogP contribution in [0.2, 0.25) is 0 Å². The number of aryl methyl sites for hydroxylation is 1. The molecule has 1 aliphatic heterocycles. The normalized spacial score (nSPS) is 16.5. The summed E-state index contributed by atoms with van der Waals surface area (Å²) >= 11 is 0. The number of piperidine rings is 1. The number of hydrogen-bond donors (Lipinski definition) is 2. The number of hydrogen-bond acceptors (Lipinski definition) is 5. The molecule has 1 aromatic carbocycles. The lowest BCUT2D eigenvalue weighted by Crippen LogP contribution is -2.39. The summed E-state index contributed by atoms with van der Waals surface area (Å²) in [5.41, 5.74) is 6.55. The van der Waals surface area contributed by atoms with Gasteiger partial charge in [0.15, 0.2) is 0 Å². The quantitative estimate of drug-likeness (QED) is 0.453. The first-order chi connectivity index (χ1) is 16.9. The fourth-order valence-electron chi connectivity index (χ4n) is 4.85. The van der Waals surface area contributed by atoms with Crippen LogP contribution in [0, 0.1) is 12.7 Å². The number of ether oxygens (including phenoxy) is 1. The summed E-state index contributed by atoms with van der Waals surface area (Å²) in [6, 6.07) is 7.68. The van der Waals surface area contributed by atoms with Gasteiger partial charge in [0.1, 0.15) is 17.3 Å². The topological polar surface area (TPSA) is 66.1 Å². The standard InChI is InChI=1S/C28H34FN5O/c1-6-25-23(13-19(3)27-18(2)12-20(15-30-4)14-24(27)29)28(33-32-25)21-9-10-26(31-16-21)34-11-7-8-22(17-34)35-5/h6,9-10,12-14,16,22,30H,1,7-8,11,15,17H2,2-5H3,(H,32,33)/b19-13+. The number of halogens is 1. The predicted molar refractivity (Wildman–Crippen MR) is 142 cm³/mol. The number of methoxy groups -OCH3 is 1. The first-order valence-corrected chi connectivity index (χ1v) is 12.0. The van der Waals surface area contributed by atoms with Crippen molar-refractivity contribution in [3.8, 4) is 11.3 Å². The Kier molecular flexibility index (Phi) is 7.78. The average Bonchev–Trinajstić information content (AvgIpc) is 3.26. The summed E-state index contributed by atoms with van der Waals surface area (Å²) in [6.07, 6.45) is 7.96. The molecule has 1 fully saturated rings. The van der Waals surface area contributed by atoms with Crippen LogP contribution in [-0.4, -0.2) is 48.5 Å². The molecule has 0 saturated carbocycles. The van der Waals surface area contributed by atoms with Crippen molar-refractivity contribution < 1.29 is 9.13 Å². The molecule has 2 aromatic heterocycles. The smallest absolute Gasteiger partial charge is 0.131 e. The predicted octanol–water partition coefficient (Wildman–Crippen LogP) is 5.46. The molecule has 0 aliphatic carbocycles. The van der Waals surface area contributed by atoms with Gasteiger partial charge in [0.25, 0.3) is 0 Å². The minimum Gasteiger partial charge on any atom is -0.380 e. The molecular formula is C28H34FN5O. The zero-order chi connectivity index (χ0) is 24.9. The Morgan fingerprint density at radius 3 is 2.86 bits per heavy atom. The Bertz CT molecular complexity index is 1190. The first kappa shape index (κ1) is 24.8. The van der Waals surface area contributed by atoms with E-state index in [4.69, 9.17) is 9.72 Å². The lowest BCUT2D eigenvalue weighted by Gasteiger charge is -2.32. The number of aromatic amines is 1. The lowest BCUT2D eigenvalue weighted by molar-refractivity contribution is 0.0891. The molecule has 6 nitrogen and oxygen atoms in total. The van der Waals surface area contributed by atoms with Crippen LogP contribution in [0.25, 0.3) is 29.0 Å². The van der Waals surface area contributed by atoms with Crippen molar-refractivity contribution in [1.82, 2.24) is 20.5 Å². The molecule has 4 rings (SSSR count). The monoisotopic (exact) mass is 475 g/mol. The van der Waals surface area contributed by atoms with E-state index in [1.165, 1.54) is 0 Å². The summed E-state index contributed by atoms with van der Waals surface area (Å²) in [5.74, 6) is 0.707. The number of anilines is 1. The van der Waals surface area contributed by atoms with Crippen LogP contribution < -0.4 is 10.2 Å². The van der Waals surface area contributed by atoms with Crippen LogP contribution in [0.4, 0.5) is 10.2 Å². The molecule has 184 valence electrons. The van der Waals surface area contributed by atoms with Crippen LogP contribution in [-0.2, 0) is 11.3 Å². The molecule has 3 heterocycles. The number of rotatable bonds is 8. The molecule has 3 aromatic rings. The van der Waals surface area contributed by atoms with Gasteiger partial charge in [0, 0.05) is 49.6 Å². The Labute approximate surface area is 206 Å². The third kappa shape index (κ3) is 5.36. The Morgan fingerprint density at radius 2 is 2.20 bits per heavy atom. The number of H-pyrrole nitrogens is 1. The molecular weight excluding hydrogens is 441 g/mol. The molecule has 0 bridgehead atoms. The van der Waals surface area contributed by atoms with E-state index < -0.39 is 0 Å². The maximum atomic E-state index is 15.1. The highest BCUT2D eigenvalue weighted by molar-refractivity contribution is 5.88. The highest BCUT2D eigenvalue weighted by Gasteiger charge is 2.21. The highest BCUT2D eigenvalue weighted by Crippen LogP contribution is 2.32. The molecule has 35 heavy (non-hydrogen) atoms. The molecule has 1 saturated heterocycles. The molecule has 1 aliphatic rings. The third-order valence-corrected chi connectivity index (χ3v) is 6.58. The van der Waals surface area contributed by atoms with E-state index in [0.717, 1.165) is 71.0 Å². The second-order valence-corrected chi connectivity index (χ2v) is 9.08. The van der Waals surface area contributed by atoms with Crippen molar-refractivity contribution in [3.05, 3.63) is 70.8 Å². The molecule has 1 unspecified atom stereocenters. The fourth-order valence-corrected chi connectivity index (χ4v) is 4.85. The van der Waals surface area contributed by atoms with Crippen molar-refractivity contribution in [1.29, 1.82) is 0 Å². The summed E-state index contributed by atoms with van der Waals surface area (Å²) in [6.45, 7) is 10.2. The Hall–Kier alpha value is -3.29. The second kappa shape index (κ2) is 11.0. The van der Waals surface area contributed by atoms with Gasteiger partial charge in [0.05, 0.1) is 11.8 Å². The zero-order valence-electron chi connectivity index (χ0n) is 21.0. The van der Waals surface area contributed by atoms with E-state index in [1.54, 1.807) is 19.3 Å². The summed E-state index contributed by atoms with van der Waals surface area (Å²) < 4.78 is 20.6. The van der Waals surface area contributed by atoms with Crippen LogP contribution >= 0.6 is 0 Å². The van der Waals surface area contributed by atoms with Gasteiger partial charge < -0.3 is 15.0 Å². The van der Waals surface area contributed by atoms with E-state index in [9.17, 15) is 0 Å². The summed E-state index contributed by atoms with van der Waals surface area (Å²) in [4.78, 5) is 6.98. The van der Waals surface area contributed by atoms with Crippen LogP contribution in [0.3, 0.4) is 0 Å². The van der Waals surface area contributed by atoms with Crippen LogP contribution in [0.5, 0.6) is 0 Å². The highest BCUT2D eigenvalue weighted by atomic mass is 19.1. The minimum absolute atomic E-state index is 0.226.